The lowest BCUT2D eigenvalue weighted by molar-refractivity contribution is -0.117. The maximum atomic E-state index is 10.4. The molecule has 1 rings (SSSR count). The molecular weight excluding hydrogens is 107 g/mol. The third-order valence-corrected chi connectivity index (χ3v) is 1.89. The van der Waals surface area contributed by atoms with Gasteiger partial charge in [-0.25, -0.2) is 0 Å². The van der Waals surface area contributed by atoms with Crippen LogP contribution in [0.15, 0.2) is 0 Å². The molecule has 0 saturated carbocycles. The Morgan fingerprint density at radius 2 is 2.57 bits per heavy atom. The van der Waals surface area contributed by atoms with E-state index in [4.69, 9.17) is 0 Å². The molecule has 1 aliphatic rings. The van der Waals surface area contributed by atoms with Crippen LogP contribution < -0.4 is 0 Å². The first kappa shape index (κ1) is 4.99. The predicted molar refractivity (Wildman–Crippen MR) is 32.1 cm³/mol. The summed E-state index contributed by atoms with van der Waals surface area (Å²) < 4.78 is 0. The highest BCUT2D eigenvalue weighted by atomic mass is 31.1. The van der Waals surface area contributed by atoms with Crippen LogP contribution >= 0.6 is 8.20 Å². The van der Waals surface area contributed by atoms with E-state index in [1.807, 2.05) is 5.80 Å². The van der Waals surface area contributed by atoms with Crippen molar-refractivity contribution in [2.24, 2.45) is 0 Å². The molecule has 7 heavy (non-hydrogen) atoms. The molecule has 0 aromatic carbocycles. The van der Waals surface area contributed by atoms with Gasteiger partial charge in [0, 0.05) is 12.8 Å². The summed E-state index contributed by atoms with van der Waals surface area (Å²) in [7, 11) is 1.35. The van der Waals surface area contributed by atoms with Gasteiger partial charge in [0.25, 0.3) is 0 Å². The molecule has 0 aromatic rings. The molecule has 2 heteroatoms. The highest BCUT2D eigenvalue weighted by molar-refractivity contribution is 7.38. The molecule has 38 valence electrons. The SMILES string of the molecule is O=C1CC=PCC1. The lowest BCUT2D eigenvalue weighted by Crippen LogP contribution is -2.01. The Labute approximate surface area is 44.5 Å². The average Bonchev–Trinajstić information content (AvgIpc) is 1.69. The average molecular weight is 114 g/mol. The van der Waals surface area contributed by atoms with Gasteiger partial charge in [0.15, 0.2) is 0 Å². The molecule has 0 amide bonds. The van der Waals surface area contributed by atoms with E-state index < -0.39 is 0 Å². The lowest BCUT2D eigenvalue weighted by atomic mass is 10.2. The fourth-order valence-electron chi connectivity index (χ4n) is 0.549. The summed E-state index contributed by atoms with van der Waals surface area (Å²) in [6.07, 6.45) is 2.57. The minimum Gasteiger partial charge on any atom is -0.299 e. The van der Waals surface area contributed by atoms with Crippen LogP contribution in [-0.4, -0.2) is 17.7 Å². The van der Waals surface area contributed by atoms with Gasteiger partial charge >= 0.3 is 0 Å². The Hall–Kier alpha value is -0.160. The summed E-state index contributed by atoms with van der Waals surface area (Å²) in [6.45, 7) is 0. The summed E-state index contributed by atoms with van der Waals surface area (Å²) in [5, 5.41) is 0. The van der Waals surface area contributed by atoms with Gasteiger partial charge in [0.05, 0.1) is 0 Å². The van der Waals surface area contributed by atoms with Gasteiger partial charge in [-0.15, -0.1) is 8.20 Å². The van der Waals surface area contributed by atoms with E-state index in [9.17, 15) is 4.79 Å². The second-order valence-electron chi connectivity index (χ2n) is 1.58. The van der Waals surface area contributed by atoms with Gasteiger partial charge in [-0.1, -0.05) is 5.80 Å². The summed E-state index contributed by atoms with van der Waals surface area (Å²) in [5.74, 6) is 2.44. The van der Waals surface area contributed by atoms with E-state index in [-0.39, 0.29) is 0 Å². The normalized spacial score (nSPS) is 22.6. The Kier molecular flexibility index (Phi) is 1.59. The molecule has 0 atom stereocenters. The number of hydrogen-bond acceptors (Lipinski definition) is 1. The fourth-order valence-corrected chi connectivity index (χ4v) is 1.44. The van der Waals surface area contributed by atoms with Gasteiger partial charge in [-0.2, -0.15) is 0 Å². The Balaban J connectivity index is 2.47. The van der Waals surface area contributed by atoms with Crippen molar-refractivity contribution in [3.05, 3.63) is 0 Å². The highest BCUT2D eigenvalue weighted by Crippen LogP contribution is 2.06. The van der Waals surface area contributed by atoms with Crippen LogP contribution in [0.25, 0.3) is 0 Å². The highest BCUT2D eigenvalue weighted by Gasteiger charge is 2.00. The summed E-state index contributed by atoms with van der Waals surface area (Å²) >= 11 is 0. The number of carbonyl (C=O) groups is 1. The predicted octanol–water partition coefficient (Wildman–Crippen LogP) is 1.10. The quantitative estimate of drug-likeness (QED) is 0.431. The summed E-state index contributed by atoms with van der Waals surface area (Å²) in [4.78, 5) is 10.4. The largest absolute Gasteiger partial charge is 0.299 e. The van der Waals surface area contributed by atoms with E-state index in [0.717, 1.165) is 12.6 Å². The first-order valence-electron chi connectivity index (χ1n) is 2.39. The first-order valence-corrected chi connectivity index (χ1v) is 3.54. The Bertz CT molecular complexity index is 107. The molecule has 1 nitrogen and oxygen atoms in total. The van der Waals surface area contributed by atoms with Crippen molar-refractivity contribution in [1.29, 1.82) is 0 Å². The maximum absolute atomic E-state index is 10.4. The minimum absolute atomic E-state index is 0.402. The van der Waals surface area contributed by atoms with Gasteiger partial charge in [-0.05, 0) is 6.16 Å². The molecule has 0 spiro atoms. The monoisotopic (exact) mass is 114 g/mol. The van der Waals surface area contributed by atoms with E-state index in [1.165, 1.54) is 8.20 Å². The first-order chi connectivity index (χ1) is 3.39. The molecule has 0 aliphatic carbocycles. The van der Waals surface area contributed by atoms with Gasteiger partial charge < -0.3 is 0 Å². The smallest absolute Gasteiger partial charge is 0.137 e. The molecule has 0 N–H and O–H groups in total. The Morgan fingerprint density at radius 3 is 2.86 bits per heavy atom. The number of hydrogen-bond donors (Lipinski definition) is 0. The van der Waals surface area contributed by atoms with E-state index >= 15 is 0 Å². The molecule has 0 saturated heterocycles. The number of carbonyl (C=O) groups excluding carboxylic acids is 1. The van der Waals surface area contributed by atoms with Gasteiger partial charge in [0.1, 0.15) is 5.78 Å². The molecule has 1 aliphatic heterocycles. The molecule has 1 heterocycles. The van der Waals surface area contributed by atoms with E-state index in [0.29, 0.717) is 12.2 Å². The molecule has 0 aromatic heterocycles. The van der Waals surface area contributed by atoms with Crippen molar-refractivity contribution < 1.29 is 4.79 Å². The zero-order chi connectivity index (χ0) is 5.11. The zero-order valence-corrected chi connectivity index (χ0v) is 4.95. The van der Waals surface area contributed by atoms with Crippen molar-refractivity contribution in [2.45, 2.75) is 12.8 Å². The number of Topliss-reactive ketones (excluding diaryl/α,β-unsaturated/α-hetero) is 1. The molecule has 0 bridgehead atoms. The Morgan fingerprint density at radius 1 is 1.71 bits per heavy atom. The second-order valence-corrected chi connectivity index (χ2v) is 2.76. The van der Waals surface area contributed by atoms with Crippen LogP contribution in [-0.2, 0) is 4.79 Å². The van der Waals surface area contributed by atoms with Crippen LogP contribution in [0.4, 0.5) is 0 Å². The van der Waals surface area contributed by atoms with Crippen molar-refractivity contribution in [3.63, 3.8) is 0 Å². The standard InChI is InChI=1S/C5H7OP/c6-5-1-3-7-4-2-5/h3H,1-2,4H2. The van der Waals surface area contributed by atoms with Gasteiger partial charge in [-0.3, -0.25) is 4.79 Å². The number of rotatable bonds is 0. The minimum atomic E-state index is 0.402. The molecule has 0 fully saturated rings. The van der Waals surface area contributed by atoms with E-state index in [2.05, 4.69) is 0 Å². The topological polar surface area (TPSA) is 17.1 Å². The number of ketones is 1. The lowest BCUT2D eigenvalue weighted by Gasteiger charge is -1.96. The fraction of sp³-hybridized carbons (Fsp3) is 0.600. The summed E-state index contributed by atoms with van der Waals surface area (Å²) in [5.41, 5.74) is 0. The summed E-state index contributed by atoms with van der Waals surface area (Å²) in [6, 6.07) is 0. The molecule has 0 radical (unpaired) electrons. The van der Waals surface area contributed by atoms with Crippen LogP contribution in [0.2, 0.25) is 0 Å². The van der Waals surface area contributed by atoms with Crippen LogP contribution in [0.3, 0.4) is 0 Å². The third-order valence-electron chi connectivity index (χ3n) is 0.968. The maximum Gasteiger partial charge on any atom is 0.137 e. The van der Waals surface area contributed by atoms with E-state index in [1.54, 1.807) is 0 Å². The van der Waals surface area contributed by atoms with Crippen molar-refractivity contribution in [3.8, 4) is 0 Å². The molecular formula is C5H7OP. The molecule has 0 unspecified atom stereocenters. The zero-order valence-electron chi connectivity index (χ0n) is 4.05. The van der Waals surface area contributed by atoms with Crippen LogP contribution in [0.5, 0.6) is 0 Å². The van der Waals surface area contributed by atoms with Crippen molar-refractivity contribution in [2.75, 3.05) is 6.16 Å². The van der Waals surface area contributed by atoms with Crippen LogP contribution in [0, 0.1) is 0 Å². The van der Waals surface area contributed by atoms with Crippen molar-refractivity contribution >= 4 is 19.8 Å². The van der Waals surface area contributed by atoms with Gasteiger partial charge in [0.2, 0.25) is 0 Å². The third kappa shape index (κ3) is 1.40. The van der Waals surface area contributed by atoms with Crippen LogP contribution in [0.1, 0.15) is 12.8 Å². The van der Waals surface area contributed by atoms with Crippen molar-refractivity contribution in [1.82, 2.24) is 0 Å². The second kappa shape index (κ2) is 2.23.